The lowest BCUT2D eigenvalue weighted by molar-refractivity contribution is -0.138. The van der Waals surface area contributed by atoms with E-state index in [2.05, 4.69) is 12.2 Å². The first kappa shape index (κ1) is 10.4. The van der Waals surface area contributed by atoms with Gasteiger partial charge in [0, 0.05) is 12.1 Å². The molecular formula is C11H21NO2. The molecule has 0 aromatic rings. The maximum absolute atomic E-state index is 5.50. The molecule has 2 fully saturated rings. The van der Waals surface area contributed by atoms with Crippen LogP contribution in [-0.4, -0.2) is 31.6 Å². The van der Waals surface area contributed by atoms with Crippen molar-refractivity contribution in [1.29, 1.82) is 0 Å². The molecule has 0 amide bonds. The van der Waals surface area contributed by atoms with Crippen LogP contribution in [0, 0.1) is 0 Å². The predicted octanol–water partition coefficient (Wildman–Crippen LogP) is 1.67. The molecule has 0 bridgehead atoms. The highest BCUT2D eigenvalue weighted by Crippen LogP contribution is 2.28. The van der Waals surface area contributed by atoms with Crippen LogP contribution in [0.25, 0.3) is 0 Å². The quantitative estimate of drug-likeness (QED) is 0.750. The van der Waals surface area contributed by atoms with Crippen LogP contribution in [0.15, 0.2) is 0 Å². The molecule has 3 nitrogen and oxygen atoms in total. The van der Waals surface area contributed by atoms with E-state index in [0.717, 1.165) is 19.6 Å². The van der Waals surface area contributed by atoms with E-state index in [9.17, 15) is 0 Å². The van der Waals surface area contributed by atoms with Crippen molar-refractivity contribution in [3.05, 3.63) is 0 Å². The Morgan fingerprint density at radius 2 is 2.14 bits per heavy atom. The summed E-state index contributed by atoms with van der Waals surface area (Å²) in [6, 6.07) is 0. The lowest BCUT2D eigenvalue weighted by Crippen LogP contribution is -2.45. The van der Waals surface area contributed by atoms with Crippen LogP contribution in [0.4, 0.5) is 0 Å². The summed E-state index contributed by atoms with van der Waals surface area (Å²) in [6.07, 6.45) is 6.77. The minimum absolute atomic E-state index is 0.362. The van der Waals surface area contributed by atoms with Gasteiger partial charge in [-0.2, -0.15) is 0 Å². The molecule has 0 spiro atoms. The summed E-state index contributed by atoms with van der Waals surface area (Å²) in [6.45, 7) is 4.64. The summed E-state index contributed by atoms with van der Waals surface area (Å²) in [5.74, 6) is 0. The van der Waals surface area contributed by atoms with Crippen molar-refractivity contribution in [3.8, 4) is 0 Å². The molecule has 82 valence electrons. The zero-order valence-electron chi connectivity index (χ0n) is 9.05. The molecule has 1 heterocycles. The summed E-state index contributed by atoms with van der Waals surface area (Å²) in [4.78, 5) is 0. The topological polar surface area (TPSA) is 30.5 Å². The molecule has 2 aliphatic rings. The van der Waals surface area contributed by atoms with Crippen LogP contribution in [0.1, 0.15) is 39.0 Å². The molecule has 1 saturated carbocycles. The molecule has 14 heavy (non-hydrogen) atoms. The van der Waals surface area contributed by atoms with Gasteiger partial charge in [-0.05, 0) is 26.2 Å². The number of hydrogen-bond acceptors (Lipinski definition) is 3. The fraction of sp³-hybridized carbons (Fsp3) is 1.00. The molecule has 1 atom stereocenters. The monoisotopic (exact) mass is 199 g/mol. The lowest BCUT2D eigenvalue weighted by Gasteiger charge is -2.30. The number of hydrogen-bond donors (Lipinski definition) is 1. The van der Waals surface area contributed by atoms with Crippen molar-refractivity contribution in [2.45, 2.75) is 50.7 Å². The Morgan fingerprint density at radius 1 is 1.36 bits per heavy atom. The van der Waals surface area contributed by atoms with Crippen LogP contribution in [-0.2, 0) is 9.47 Å². The van der Waals surface area contributed by atoms with Gasteiger partial charge in [-0.25, -0.2) is 0 Å². The van der Waals surface area contributed by atoms with Crippen molar-refractivity contribution >= 4 is 0 Å². The lowest BCUT2D eigenvalue weighted by atomic mass is 10.0. The van der Waals surface area contributed by atoms with Gasteiger partial charge in [-0.1, -0.05) is 12.8 Å². The van der Waals surface area contributed by atoms with E-state index in [1.807, 2.05) is 0 Å². The molecule has 1 aliphatic carbocycles. The van der Waals surface area contributed by atoms with Crippen molar-refractivity contribution < 1.29 is 9.47 Å². The largest absolute Gasteiger partial charge is 0.355 e. The second-order valence-electron chi connectivity index (χ2n) is 4.75. The van der Waals surface area contributed by atoms with E-state index in [-0.39, 0.29) is 0 Å². The molecule has 2 rings (SSSR count). The van der Waals surface area contributed by atoms with Crippen LogP contribution in [0.2, 0.25) is 0 Å². The highest BCUT2D eigenvalue weighted by Gasteiger charge is 2.29. The average molecular weight is 199 g/mol. The van der Waals surface area contributed by atoms with Gasteiger partial charge in [-0.3, -0.25) is 0 Å². The molecule has 0 radical (unpaired) electrons. The minimum atomic E-state index is 0.362. The first-order chi connectivity index (χ1) is 6.79. The Balaban J connectivity index is 1.70. The van der Waals surface area contributed by atoms with Crippen molar-refractivity contribution in [1.82, 2.24) is 5.32 Å². The highest BCUT2D eigenvalue weighted by molar-refractivity contribution is 4.88. The number of nitrogens with one attached hydrogen (secondary N) is 1. The first-order valence-corrected chi connectivity index (χ1v) is 5.73. The molecular weight excluding hydrogens is 178 g/mol. The molecule has 0 aromatic heterocycles. The van der Waals surface area contributed by atoms with Gasteiger partial charge >= 0.3 is 0 Å². The number of rotatable bonds is 3. The summed E-state index contributed by atoms with van der Waals surface area (Å²) in [5.41, 5.74) is 0.377. The second kappa shape index (κ2) is 4.60. The predicted molar refractivity (Wildman–Crippen MR) is 55.2 cm³/mol. The molecule has 1 unspecified atom stereocenters. The van der Waals surface area contributed by atoms with E-state index in [1.54, 1.807) is 0 Å². The van der Waals surface area contributed by atoms with Gasteiger partial charge in [0.1, 0.15) is 6.79 Å². The summed E-state index contributed by atoms with van der Waals surface area (Å²) < 4.78 is 10.6. The van der Waals surface area contributed by atoms with Gasteiger partial charge in [0.2, 0.25) is 0 Å². The molecule has 1 aliphatic heterocycles. The zero-order valence-corrected chi connectivity index (χ0v) is 9.05. The van der Waals surface area contributed by atoms with Crippen LogP contribution >= 0.6 is 0 Å². The Labute approximate surface area is 86.2 Å². The maximum atomic E-state index is 5.50. The third kappa shape index (κ3) is 2.69. The standard InChI is InChI=1S/C11H21NO2/c1-11(5-2-3-6-11)12-8-10-4-7-13-9-14-10/h10,12H,2-9H2,1H3. The Hall–Kier alpha value is -0.120. The molecule has 0 aromatic carbocycles. The SMILES string of the molecule is CC1(NCC2CCOCO2)CCCC1. The Kier molecular flexibility index (Phi) is 3.42. The summed E-state index contributed by atoms with van der Waals surface area (Å²) >= 11 is 0. The summed E-state index contributed by atoms with van der Waals surface area (Å²) in [7, 11) is 0. The zero-order chi connectivity index (χ0) is 9.86. The second-order valence-corrected chi connectivity index (χ2v) is 4.75. The highest BCUT2D eigenvalue weighted by atomic mass is 16.7. The van der Waals surface area contributed by atoms with Gasteiger partial charge in [0.25, 0.3) is 0 Å². The van der Waals surface area contributed by atoms with Gasteiger partial charge in [-0.15, -0.1) is 0 Å². The average Bonchev–Trinajstić information content (AvgIpc) is 2.65. The van der Waals surface area contributed by atoms with Gasteiger partial charge in [0.15, 0.2) is 0 Å². The van der Waals surface area contributed by atoms with E-state index >= 15 is 0 Å². The first-order valence-electron chi connectivity index (χ1n) is 5.73. The van der Waals surface area contributed by atoms with E-state index in [0.29, 0.717) is 18.4 Å². The smallest absolute Gasteiger partial charge is 0.147 e. The van der Waals surface area contributed by atoms with Crippen molar-refractivity contribution in [2.75, 3.05) is 19.9 Å². The van der Waals surface area contributed by atoms with Crippen LogP contribution in [0.5, 0.6) is 0 Å². The number of ether oxygens (including phenoxy) is 2. The third-order valence-electron chi connectivity index (χ3n) is 3.43. The third-order valence-corrected chi connectivity index (χ3v) is 3.43. The van der Waals surface area contributed by atoms with E-state index in [4.69, 9.17) is 9.47 Å². The van der Waals surface area contributed by atoms with Crippen molar-refractivity contribution in [3.63, 3.8) is 0 Å². The molecule has 3 heteroatoms. The van der Waals surface area contributed by atoms with E-state index in [1.165, 1.54) is 25.7 Å². The van der Waals surface area contributed by atoms with Gasteiger partial charge < -0.3 is 14.8 Å². The Bertz CT molecular complexity index is 172. The van der Waals surface area contributed by atoms with Gasteiger partial charge in [0.05, 0.1) is 12.7 Å². The fourth-order valence-corrected chi connectivity index (χ4v) is 2.35. The molecule has 1 N–H and O–H groups in total. The Morgan fingerprint density at radius 3 is 2.79 bits per heavy atom. The summed E-state index contributed by atoms with van der Waals surface area (Å²) in [5, 5.41) is 3.65. The van der Waals surface area contributed by atoms with Crippen molar-refractivity contribution in [2.24, 2.45) is 0 Å². The molecule has 1 saturated heterocycles. The van der Waals surface area contributed by atoms with E-state index < -0.39 is 0 Å². The van der Waals surface area contributed by atoms with Crippen LogP contribution < -0.4 is 5.32 Å². The fourth-order valence-electron chi connectivity index (χ4n) is 2.35. The minimum Gasteiger partial charge on any atom is -0.355 e. The maximum Gasteiger partial charge on any atom is 0.147 e. The van der Waals surface area contributed by atoms with Crippen LogP contribution in [0.3, 0.4) is 0 Å². The normalized spacial score (nSPS) is 31.9.